The molecule has 0 aliphatic carbocycles. The van der Waals surface area contributed by atoms with Crippen molar-refractivity contribution in [3.8, 4) is 5.75 Å². The third-order valence-corrected chi connectivity index (χ3v) is 7.02. The minimum atomic E-state index is -0.975. The van der Waals surface area contributed by atoms with Crippen LogP contribution in [0.5, 0.6) is 5.75 Å². The molecule has 9 heteroatoms. The molecule has 0 radical (unpaired) electrons. The van der Waals surface area contributed by atoms with E-state index in [4.69, 9.17) is 15.2 Å². The summed E-state index contributed by atoms with van der Waals surface area (Å²) in [6.45, 7) is 0.681. The highest BCUT2D eigenvalue weighted by molar-refractivity contribution is 5.98. The summed E-state index contributed by atoms with van der Waals surface area (Å²) in [5, 5.41) is 2.66. The zero-order chi connectivity index (χ0) is 29.8. The van der Waals surface area contributed by atoms with Crippen LogP contribution in [-0.2, 0) is 33.8 Å². The van der Waals surface area contributed by atoms with Crippen LogP contribution < -0.4 is 15.8 Å². The van der Waals surface area contributed by atoms with Crippen molar-refractivity contribution in [1.29, 1.82) is 0 Å². The lowest BCUT2D eigenvalue weighted by atomic mass is 10.0. The maximum atomic E-state index is 14.0. The molecule has 0 aliphatic heterocycles. The summed E-state index contributed by atoms with van der Waals surface area (Å²) in [6, 6.07) is 22.4. The maximum Gasteiger partial charge on any atom is 0.254 e. The first kappa shape index (κ1) is 31.3. The lowest BCUT2D eigenvalue weighted by Crippen LogP contribution is -2.56. The molecule has 0 fully saturated rings. The van der Waals surface area contributed by atoms with Crippen molar-refractivity contribution < 1.29 is 23.9 Å². The predicted octanol–water partition coefficient (Wildman–Crippen LogP) is 2.67. The van der Waals surface area contributed by atoms with Crippen LogP contribution in [0.15, 0.2) is 78.9 Å². The number of nitrogens with two attached hydrogens (primary N) is 1. The number of carbonyl (C=O) groups is 3. The average Bonchev–Trinajstić information content (AvgIpc) is 3.01. The first-order valence-electron chi connectivity index (χ1n) is 13.6. The maximum absolute atomic E-state index is 14.0. The Balaban J connectivity index is 1.87. The fraction of sp³-hybridized carbons (Fsp3) is 0.344. The number of nitrogens with one attached hydrogen (secondary N) is 1. The molecule has 9 nitrogen and oxygen atoms in total. The molecule has 3 amide bonds. The first-order valence-corrected chi connectivity index (χ1v) is 13.6. The molecular weight excluding hydrogens is 520 g/mol. The number of methoxy groups -OCH3 is 1. The summed E-state index contributed by atoms with van der Waals surface area (Å²) in [4.78, 5) is 43.4. The Morgan fingerprint density at radius 3 is 2.17 bits per heavy atom. The zero-order valence-corrected chi connectivity index (χ0v) is 24.2. The largest absolute Gasteiger partial charge is 0.497 e. The van der Waals surface area contributed by atoms with Crippen molar-refractivity contribution in [1.82, 2.24) is 15.1 Å². The van der Waals surface area contributed by atoms with Gasteiger partial charge in [-0.3, -0.25) is 14.4 Å². The predicted molar refractivity (Wildman–Crippen MR) is 159 cm³/mol. The molecule has 0 heterocycles. The van der Waals surface area contributed by atoms with Crippen LogP contribution >= 0.6 is 0 Å². The van der Waals surface area contributed by atoms with Crippen LogP contribution in [0.4, 0.5) is 0 Å². The number of rotatable bonds is 14. The Kier molecular flexibility index (Phi) is 11.9. The molecule has 41 heavy (non-hydrogen) atoms. The Morgan fingerprint density at radius 1 is 0.854 bits per heavy atom. The van der Waals surface area contributed by atoms with Crippen LogP contribution in [0.25, 0.3) is 0 Å². The molecule has 3 aromatic carbocycles. The van der Waals surface area contributed by atoms with Gasteiger partial charge in [0, 0.05) is 33.1 Å². The summed E-state index contributed by atoms with van der Waals surface area (Å²) in [5.74, 6) is -0.357. The number of ether oxygens (including phenoxy) is 2. The number of benzene rings is 3. The van der Waals surface area contributed by atoms with E-state index in [1.807, 2.05) is 60.7 Å². The molecule has 3 aromatic rings. The van der Waals surface area contributed by atoms with Gasteiger partial charge in [0.1, 0.15) is 17.8 Å². The van der Waals surface area contributed by atoms with Gasteiger partial charge in [-0.05, 0) is 53.9 Å². The standard InChI is InChI=1S/C32H40N4O5/c1-34-30(37)28(20-24-13-15-27(40-4)16-14-24)35(2)32(39)29(22-41-21-25-9-6-5-7-10-25)36(3)31(38)26-12-8-11-23(19-26)17-18-33/h5-16,19,28-29H,17-18,20-22,33H2,1-4H3,(H,34,37)/t28-,29-/m1/s1. The topological polar surface area (TPSA) is 114 Å². The Hall–Kier alpha value is -4.21. The van der Waals surface area contributed by atoms with Gasteiger partial charge in [-0.1, -0.05) is 54.6 Å². The van der Waals surface area contributed by atoms with E-state index in [2.05, 4.69) is 5.32 Å². The van der Waals surface area contributed by atoms with E-state index in [0.29, 0.717) is 24.3 Å². The minimum absolute atomic E-state index is 0.0498. The second-order valence-electron chi connectivity index (χ2n) is 9.80. The fourth-order valence-electron chi connectivity index (χ4n) is 4.53. The van der Waals surface area contributed by atoms with Gasteiger partial charge >= 0.3 is 0 Å². The van der Waals surface area contributed by atoms with E-state index >= 15 is 0 Å². The molecule has 0 saturated heterocycles. The smallest absolute Gasteiger partial charge is 0.254 e. The van der Waals surface area contributed by atoms with E-state index < -0.39 is 18.0 Å². The van der Waals surface area contributed by atoms with E-state index in [0.717, 1.165) is 16.7 Å². The molecule has 0 unspecified atom stereocenters. The Labute approximate surface area is 242 Å². The number of carbonyl (C=O) groups excluding carboxylic acids is 3. The number of hydrogen-bond donors (Lipinski definition) is 2. The van der Waals surface area contributed by atoms with Crippen molar-refractivity contribution in [2.24, 2.45) is 5.73 Å². The SMILES string of the molecule is CNC(=O)[C@@H](Cc1ccc(OC)cc1)N(C)C(=O)[C@@H](COCc1ccccc1)N(C)C(=O)c1cccc(CCN)c1. The number of nitrogens with zero attached hydrogens (tertiary/aromatic N) is 2. The Bertz CT molecular complexity index is 1280. The van der Waals surface area contributed by atoms with Crippen LogP contribution in [0.3, 0.4) is 0 Å². The zero-order valence-electron chi connectivity index (χ0n) is 24.2. The van der Waals surface area contributed by atoms with E-state index in [9.17, 15) is 14.4 Å². The van der Waals surface area contributed by atoms with E-state index in [1.54, 1.807) is 39.4 Å². The highest BCUT2D eigenvalue weighted by Crippen LogP contribution is 2.18. The van der Waals surface area contributed by atoms with Crippen molar-refractivity contribution in [3.05, 3.63) is 101 Å². The molecule has 0 aromatic heterocycles. The second kappa shape index (κ2) is 15.5. The molecule has 0 spiro atoms. The van der Waals surface area contributed by atoms with Crippen molar-refractivity contribution in [2.75, 3.05) is 41.4 Å². The minimum Gasteiger partial charge on any atom is -0.497 e. The quantitative estimate of drug-likeness (QED) is 0.313. The van der Waals surface area contributed by atoms with E-state index in [1.165, 1.54) is 16.8 Å². The number of amides is 3. The molecule has 218 valence electrons. The molecule has 3 rings (SSSR count). The molecule has 2 atom stereocenters. The molecule has 3 N–H and O–H groups in total. The third kappa shape index (κ3) is 8.64. The van der Waals surface area contributed by atoms with Gasteiger partial charge in [-0.25, -0.2) is 0 Å². The summed E-state index contributed by atoms with van der Waals surface area (Å²) in [5.41, 5.74) is 8.89. The van der Waals surface area contributed by atoms with E-state index in [-0.39, 0.29) is 31.4 Å². The van der Waals surface area contributed by atoms with Gasteiger partial charge in [-0.2, -0.15) is 0 Å². The monoisotopic (exact) mass is 560 g/mol. The molecule has 0 aliphatic rings. The molecule has 0 bridgehead atoms. The van der Waals surface area contributed by atoms with Gasteiger partial charge < -0.3 is 30.3 Å². The van der Waals surface area contributed by atoms with Gasteiger partial charge in [0.2, 0.25) is 11.8 Å². The lowest BCUT2D eigenvalue weighted by Gasteiger charge is -2.34. The molecular formula is C32H40N4O5. The summed E-state index contributed by atoms with van der Waals surface area (Å²) >= 11 is 0. The lowest BCUT2D eigenvalue weighted by molar-refractivity contribution is -0.143. The van der Waals surface area contributed by atoms with Crippen molar-refractivity contribution >= 4 is 17.7 Å². The highest BCUT2D eigenvalue weighted by atomic mass is 16.5. The van der Waals surface area contributed by atoms with Gasteiger partial charge in [-0.15, -0.1) is 0 Å². The van der Waals surface area contributed by atoms with Crippen LogP contribution in [0.2, 0.25) is 0 Å². The number of likely N-dealkylation sites (N-methyl/N-ethyl adjacent to an activating group) is 3. The summed E-state index contributed by atoms with van der Waals surface area (Å²) in [7, 11) is 6.28. The average molecular weight is 561 g/mol. The first-order chi connectivity index (χ1) is 19.8. The van der Waals surface area contributed by atoms with Crippen molar-refractivity contribution in [2.45, 2.75) is 31.5 Å². The number of hydrogen-bond acceptors (Lipinski definition) is 6. The summed E-state index contributed by atoms with van der Waals surface area (Å²) < 4.78 is 11.2. The highest BCUT2D eigenvalue weighted by Gasteiger charge is 2.35. The van der Waals surface area contributed by atoms with Crippen LogP contribution in [0, 0.1) is 0 Å². The molecule has 0 saturated carbocycles. The summed E-state index contributed by atoms with van der Waals surface area (Å²) in [6.07, 6.45) is 0.914. The van der Waals surface area contributed by atoms with Gasteiger partial charge in [0.15, 0.2) is 0 Å². The third-order valence-electron chi connectivity index (χ3n) is 7.02. The van der Waals surface area contributed by atoms with Crippen LogP contribution in [0.1, 0.15) is 27.0 Å². The van der Waals surface area contributed by atoms with Gasteiger partial charge in [0.25, 0.3) is 5.91 Å². The van der Waals surface area contributed by atoms with Crippen LogP contribution in [-0.4, -0.2) is 81.0 Å². The van der Waals surface area contributed by atoms with Crippen molar-refractivity contribution in [3.63, 3.8) is 0 Å². The normalized spacial score (nSPS) is 12.2. The van der Waals surface area contributed by atoms with Gasteiger partial charge in [0.05, 0.1) is 20.3 Å². The second-order valence-corrected chi connectivity index (χ2v) is 9.80. The fourth-order valence-corrected chi connectivity index (χ4v) is 4.53. The Morgan fingerprint density at radius 2 is 1.54 bits per heavy atom.